The van der Waals surface area contributed by atoms with Crippen LogP contribution < -0.4 is 17.1 Å². The summed E-state index contributed by atoms with van der Waals surface area (Å²) in [7, 11) is 1.65. The predicted octanol–water partition coefficient (Wildman–Crippen LogP) is -0.764. The van der Waals surface area contributed by atoms with Gasteiger partial charge in [-0.25, -0.2) is 4.68 Å². The summed E-state index contributed by atoms with van der Waals surface area (Å²) in [5.74, 6) is 2.00. The molecule has 0 saturated carbocycles. The summed E-state index contributed by atoms with van der Waals surface area (Å²) in [6, 6.07) is 11.4. The molecule has 1 amide bonds. The Balaban J connectivity index is 0.00000272. The Labute approximate surface area is 187 Å². The van der Waals surface area contributed by atoms with E-state index in [-0.39, 0.29) is 24.4 Å². The van der Waals surface area contributed by atoms with Gasteiger partial charge < -0.3 is 26.5 Å². The van der Waals surface area contributed by atoms with Gasteiger partial charge in [-0.05, 0) is 46.7 Å². The third-order valence-electron chi connectivity index (χ3n) is 5.51. The fraction of sp³-hybridized carbons (Fsp3) is 0.429. The van der Waals surface area contributed by atoms with Crippen LogP contribution in [-0.4, -0.2) is 69.2 Å². The molecule has 0 bridgehead atoms. The first-order valence-corrected chi connectivity index (χ1v) is 10.2. The number of rotatable bonds is 7. The van der Waals surface area contributed by atoms with Gasteiger partial charge in [-0.1, -0.05) is 19.1 Å². The van der Waals surface area contributed by atoms with Crippen LogP contribution >= 0.6 is 0 Å². The van der Waals surface area contributed by atoms with Crippen molar-refractivity contribution in [2.75, 3.05) is 33.3 Å². The van der Waals surface area contributed by atoms with Gasteiger partial charge in [0.25, 0.3) is 5.91 Å². The lowest BCUT2D eigenvalue weighted by Gasteiger charge is -2.38. The van der Waals surface area contributed by atoms with E-state index in [9.17, 15) is 4.79 Å². The number of benzene rings is 1. The standard InChI is InChI=1S/C21H26N6O3.ClH/c1-3-18(25-10-12-26(13-11-25)21(28)19-5-4-14-30-19)20-22-23-24-27(20)15-16-6-8-17(29-2)9-7-16;/h4-9,14,18H,3,10-13,15H2,1-2H3;1H/p-1. The first kappa shape index (κ1) is 22.8. The maximum Gasteiger partial charge on any atom is 0.289 e. The molecule has 0 N–H and O–H groups in total. The minimum atomic E-state index is -0.0583. The molecule has 31 heavy (non-hydrogen) atoms. The van der Waals surface area contributed by atoms with Crippen molar-refractivity contribution in [3.05, 3.63) is 59.8 Å². The molecular formula is C21H26ClN6O3-. The van der Waals surface area contributed by atoms with E-state index >= 15 is 0 Å². The zero-order valence-electron chi connectivity index (χ0n) is 17.6. The van der Waals surface area contributed by atoms with Crippen molar-refractivity contribution < 1.29 is 26.4 Å². The van der Waals surface area contributed by atoms with Gasteiger partial charge in [0, 0.05) is 26.2 Å². The first-order chi connectivity index (χ1) is 14.7. The summed E-state index contributed by atoms with van der Waals surface area (Å²) in [6.45, 7) is 5.56. The van der Waals surface area contributed by atoms with Gasteiger partial charge in [-0.3, -0.25) is 9.69 Å². The fourth-order valence-corrected chi connectivity index (χ4v) is 3.86. The molecule has 1 atom stereocenters. The van der Waals surface area contributed by atoms with Crippen LogP contribution in [0.3, 0.4) is 0 Å². The van der Waals surface area contributed by atoms with E-state index in [1.807, 2.05) is 33.8 Å². The number of nitrogens with zero attached hydrogens (tertiary/aromatic N) is 6. The van der Waals surface area contributed by atoms with Gasteiger partial charge in [0.2, 0.25) is 0 Å². The average molecular weight is 446 g/mol. The summed E-state index contributed by atoms with van der Waals surface area (Å²) in [5, 5.41) is 12.5. The third-order valence-corrected chi connectivity index (χ3v) is 5.51. The molecule has 10 heteroatoms. The van der Waals surface area contributed by atoms with Gasteiger partial charge in [0.1, 0.15) is 5.75 Å². The highest BCUT2D eigenvalue weighted by atomic mass is 35.5. The molecule has 1 saturated heterocycles. The number of tetrazole rings is 1. The van der Waals surface area contributed by atoms with E-state index in [1.54, 1.807) is 19.2 Å². The summed E-state index contributed by atoms with van der Waals surface area (Å²) in [5.41, 5.74) is 1.10. The first-order valence-electron chi connectivity index (χ1n) is 10.2. The molecule has 0 radical (unpaired) electrons. The number of amides is 1. The van der Waals surface area contributed by atoms with Crippen LogP contribution in [0.2, 0.25) is 0 Å². The van der Waals surface area contributed by atoms with Crippen LogP contribution in [0.5, 0.6) is 5.75 Å². The Morgan fingerprint density at radius 2 is 1.90 bits per heavy atom. The molecule has 2 aromatic heterocycles. The van der Waals surface area contributed by atoms with Crippen LogP contribution in [0.1, 0.15) is 41.3 Å². The molecule has 1 aliphatic rings. The van der Waals surface area contributed by atoms with Crippen LogP contribution in [0.25, 0.3) is 0 Å². The van der Waals surface area contributed by atoms with Crippen molar-refractivity contribution in [2.24, 2.45) is 0 Å². The van der Waals surface area contributed by atoms with Gasteiger partial charge in [0.05, 0.1) is 26.0 Å². The van der Waals surface area contributed by atoms with E-state index in [2.05, 4.69) is 27.3 Å². The van der Waals surface area contributed by atoms with E-state index in [0.717, 1.165) is 36.6 Å². The number of carbonyl (C=O) groups excluding carboxylic acids is 1. The van der Waals surface area contributed by atoms with Crippen LogP contribution in [0, 0.1) is 0 Å². The number of aromatic nitrogens is 4. The second-order valence-electron chi connectivity index (χ2n) is 7.27. The second-order valence-corrected chi connectivity index (χ2v) is 7.27. The second kappa shape index (κ2) is 10.4. The predicted molar refractivity (Wildman–Crippen MR) is 109 cm³/mol. The smallest absolute Gasteiger partial charge is 0.289 e. The molecule has 0 aliphatic carbocycles. The molecular weight excluding hydrogens is 420 g/mol. The largest absolute Gasteiger partial charge is 1.00 e. The SMILES string of the molecule is CCC(c1nnnn1Cc1ccc(OC)cc1)N1CCN(C(=O)c2ccco2)CC1.[Cl-]. The van der Waals surface area contributed by atoms with E-state index in [0.29, 0.717) is 25.4 Å². The van der Waals surface area contributed by atoms with Crippen molar-refractivity contribution in [2.45, 2.75) is 25.9 Å². The Hall–Kier alpha value is -2.91. The lowest BCUT2D eigenvalue weighted by molar-refractivity contribution is -0.0000176. The molecule has 3 aromatic rings. The topological polar surface area (TPSA) is 89.5 Å². The van der Waals surface area contributed by atoms with E-state index in [4.69, 9.17) is 9.15 Å². The number of ether oxygens (including phenoxy) is 1. The number of hydrogen-bond acceptors (Lipinski definition) is 7. The monoisotopic (exact) mass is 445 g/mol. The minimum Gasteiger partial charge on any atom is -1.00 e. The number of methoxy groups -OCH3 is 1. The molecule has 9 nitrogen and oxygen atoms in total. The molecule has 1 aromatic carbocycles. The lowest BCUT2D eigenvalue weighted by Crippen LogP contribution is -3.00. The van der Waals surface area contributed by atoms with Crippen molar-refractivity contribution >= 4 is 5.91 Å². The van der Waals surface area contributed by atoms with Crippen molar-refractivity contribution in [3.63, 3.8) is 0 Å². The maximum atomic E-state index is 12.5. The Morgan fingerprint density at radius 3 is 2.52 bits per heavy atom. The molecule has 166 valence electrons. The molecule has 0 spiro atoms. The van der Waals surface area contributed by atoms with Crippen LogP contribution in [-0.2, 0) is 6.54 Å². The normalized spacial score (nSPS) is 15.4. The molecule has 1 aliphatic heterocycles. The third kappa shape index (κ3) is 5.05. The zero-order chi connectivity index (χ0) is 20.9. The number of piperazine rings is 1. The van der Waals surface area contributed by atoms with Crippen molar-refractivity contribution in [1.29, 1.82) is 0 Å². The zero-order valence-corrected chi connectivity index (χ0v) is 18.4. The molecule has 4 rings (SSSR count). The summed E-state index contributed by atoms with van der Waals surface area (Å²) in [4.78, 5) is 16.7. The van der Waals surface area contributed by atoms with Crippen LogP contribution in [0.15, 0.2) is 47.1 Å². The number of hydrogen-bond donors (Lipinski definition) is 0. The van der Waals surface area contributed by atoms with Gasteiger partial charge in [0.15, 0.2) is 11.6 Å². The summed E-state index contributed by atoms with van der Waals surface area (Å²) in [6.07, 6.45) is 2.41. The minimum absolute atomic E-state index is 0. The number of carbonyl (C=O) groups is 1. The molecule has 1 unspecified atom stereocenters. The Bertz CT molecular complexity index is 952. The maximum absolute atomic E-state index is 12.5. The Morgan fingerprint density at radius 1 is 1.16 bits per heavy atom. The van der Waals surface area contributed by atoms with E-state index < -0.39 is 0 Å². The summed E-state index contributed by atoms with van der Waals surface area (Å²) < 4.78 is 12.3. The van der Waals surface area contributed by atoms with Crippen molar-refractivity contribution in [1.82, 2.24) is 30.0 Å². The molecule has 3 heterocycles. The highest BCUT2D eigenvalue weighted by molar-refractivity contribution is 5.91. The number of furan rings is 1. The summed E-state index contributed by atoms with van der Waals surface area (Å²) >= 11 is 0. The molecule has 1 fully saturated rings. The fourth-order valence-electron chi connectivity index (χ4n) is 3.86. The van der Waals surface area contributed by atoms with Gasteiger partial charge in [-0.15, -0.1) is 5.10 Å². The lowest BCUT2D eigenvalue weighted by atomic mass is 10.1. The number of halogens is 1. The average Bonchev–Trinajstić information content (AvgIpc) is 3.48. The van der Waals surface area contributed by atoms with Crippen LogP contribution in [0.4, 0.5) is 0 Å². The van der Waals surface area contributed by atoms with E-state index in [1.165, 1.54) is 6.26 Å². The highest BCUT2D eigenvalue weighted by Crippen LogP contribution is 2.24. The van der Waals surface area contributed by atoms with Crippen molar-refractivity contribution in [3.8, 4) is 5.75 Å². The van der Waals surface area contributed by atoms with Gasteiger partial charge >= 0.3 is 0 Å². The Kier molecular flexibility index (Phi) is 7.64. The highest BCUT2D eigenvalue weighted by Gasteiger charge is 2.30. The van der Waals surface area contributed by atoms with Gasteiger partial charge in [-0.2, -0.15) is 0 Å². The quantitative estimate of drug-likeness (QED) is 0.472.